The van der Waals surface area contributed by atoms with E-state index < -0.39 is 0 Å². The summed E-state index contributed by atoms with van der Waals surface area (Å²) in [7, 11) is 0. The Kier molecular flexibility index (Phi) is 7.49. The molecule has 146 valence electrons. The molecule has 26 heavy (non-hydrogen) atoms. The molecule has 0 saturated carbocycles. The molecule has 7 nitrogen and oxygen atoms in total. The Bertz CT molecular complexity index is 620. The second-order valence-corrected chi connectivity index (χ2v) is 6.89. The van der Waals surface area contributed by atoms with Gasteiger partial charge in [0, 0.05) is 38.1 Å². The van der Waals surface area contributed by atoms with Gasteiger partial charge in [0.05, 0.1) is 18.8 Å². The van der Waals surface area contributed by atoms with Crippen molar-refractivity contribution in [3.05, 3.63) is 23.2 Å². The van der Waals surface area contributed by atoms with Gasteiger partial charge in [-0.05, 0) is 32.8 Å². The SMILES string of the molecule is Cc1cc(C(=O)NC2CCN(C(=O)CC3COCCN3)CC2)c(C)o1.Cl. The van der Waals surface area contributed by atoms with Gasteiger partial charge in [0.25, 0.3) is 5.91 Å². The first-order valence-electron chi connectivity index (χ1n) is 8.99. The van der Waals surface area contributed by atoms with Crippen molar-refractivity contribution in [3.63, 3.8) is 0 Å². The van der Waals surface area contributed by atoms with Gasteiger partial charge >= 0.3 is 0 Å². The van der Waals surface area contributed by atoms with Gasteiger partial charge in [-0.3, -0.25) is 9.59 Å². The van der Waals surface area contributed by atoms with Gasteiger partial charge < -0.3 is 24.7 Å². The molecule has 1 unspecified atom stereocenters. The number of aryl methyl sites for hydroxylation is 2. The van der Waals surface area contributed by atoms with Crippen LogP contribution in [0, 0.1) is 13.8 Å². The predicted molar refractivity (Wildman–Crippen MR) is 99.7 cm³/mol. The summed E-state index contributed by atoms with van der Waals surface area (Å²) in [6.45, 7) is 7.11. The fourth-order valence-corrected chi connectivity index (χ4v) is 3.48. The number of hydrogen-bond acceptors (Lipinski definition) is 5. The van der Waals surface area contributed by atoms with Crippen molar-refractivity contribution in [2.45, 2.75) is 45.2 Å². The van der Waals surface area contributed by atoms with E-state index >= 15 is 0 Å². The third kappa shape index (κ3) is 5.22. The van der Waals surface area contributed by atoms with Crippen molar-refractivity contribution < 1.29 is 18.7 Å². The summed E-state index contributed by atoms with van der Waals surface area (Å²) >= 11 is 0. The summed E-state index contributed by atoms with van der Waals surface area (Å²) in [6.07, 6.45) is 2.04. The number of furan rings is 1. The number of halogens is 1. The number of rotatable bonds is 4. The van der Waals surface area contributed by atoms with Gasteiger partial charge in [0.15, 0.2) is 0 Å². The Labute approximate surface area is 160 Å². The molecule has 2 N–H and O–H groups in total. The number of amides is 2. The second-order valence-electron chi connectivity index (χ2n) is 6.89. The first-order chi connectivity index (χ1) is 12.0. The molecule has 1 aromatic heterocycles. The molecule has 3 heterocycles. The topological polar surface area (TPSA) is 83.8 Å². The molecule has 8 heteroatoms. The third-order valence-electron chi connectivity index (χ3n) is 4.89. The Morgan fingerprint density at radius 1 is 1.31 bits per heavy atom. The maximum Gasteiger partial charge on any atom is 0.255 e. The number of nitrogens with one attached hydrogen (secondary N) is 2. The van der Waals surface area contributed by atoms with E-state index in [-0.39, 0.29) is 36.3 Å². The van der Waals surface area contributed by atoms with Crippen molar-refractivity contribution >= 4 is 24.2 Å². The molecule has 1 aromatic rings. The minimum Gasteiger partial charge on any atom is -0.466 e. The van der Waals surface area contributed by atoms with E-state index in [0.29, 0.717) is 44.0 Å². The second kappa shape index (κ2) is 9.39. The van der Waals surface area contributed by atoms with Crippen molar-refractivity contribution in [2.75, 3.05) is 32.8 Å². The van der Waals surface area contributed by atoms with E-state index in [0.717, 1.165) is 25.1 Å². The largest absolute Gasteiger partial charge is 0.466 e. The van der Waals surface area contributed by atoms with Gasteiger partial charge in [-0.25, -0.2) is 0 Å². The lowest BCUT2D eigenvalue weighted by molar-refractivity contribution is -0.133. The monoisotopic (exact) mass is 385 g/mol. The van der Waals surface area contributed by atoms with Crippen LogP contribution >= 0.6 is 12.4 Å². The number of nitrogens with zero attached hydrogens (tertiary/aromatic N) is 1. The number of piperidine rings is 1. The van der Waals surface area contributed by atoms with Crippen molar-refractivity contribution in [3.8, 4) is 0 Å². The Hall–Kier alpha value is -1.57. The lowest BCUT2D eigenvalue weighted by Gasteiger charge is -2.34. The number of carbonyl (C=O) groups is 2. The van der Waals surface area contributed by atoms with Crippen LogP contribution in [0.2, 0.25) is 0 Å². The average Bonchev–Trinajstić information content (AvgIpc) is 2.95. The van der Waals surface area contributed by atoms with Gasteiger partial charge in [-0.15, -0.1) is 12.4 Å². The quantitative estimate of drug-likeness (QED) is 0.818. The van der Waals surface area contributed by atoms with Crippen LogP contribution in [0.1, 0.15) is 41.1 Å². The Morgan fingerprint density at radius 2 is 2.04 bits per heavy atom. The van der Waals surface area contributed by atoms with Crippen molar-refractivity contribution in [2.24, 2.45) is 0 Å². The fraction of sp³-hybridized carbons (Fsp3) is 0.667. The number of hydrogen-bond donors (Lipinski definition) is 2. The summed E-state index contributed by atoms with van der Waals surface area (Å²) in [4.78, 5) is 26.6. The van der Waals surface area contributed by atoms with E-state index in [1.54, 1.807) is 13.0 Å². The maximum atomic E-state index is 12.4. The zero-order valence-corrected chi connectivity index (χ0v) is 16.2. The maximum absolute atomic E-state index is 12.4. The van der Waals surface area contributed by atoms with E-state index in [4.69, 9.17) is 9.15 Å². The Balaban J connectivity index is 0.00000243. The van der Waals surface area contributed by atoms with E-state index in [9.17, 15) is 9.59 Å². The molecule has 1 atom stereocenters. The summed E-state index contributed by atoms with van der Waals surface area (Å²) in [5, 5.41) is 6.37. The minimum atomic E-state index is -0.0947. The summed E-state index contributed by atoms with van der Waals surface area (Å²) in [6, 6.07) is 1.98. The molecule has 0 radical (unpaired) electrons. The van der Waals surface area contributed by atoms with Crippen LogP contribution in [0.15, 0.2) is 10.5 Å². The Morgan fingerprint density at radius 3 is 2.62 bits per heavy atom. The molecule has 2 amide bonds. The molecule has 3 rings (SSSR count). The first-order valence-corrected chi connectivity index (χ1v) is 8.99. The third-order valence-corrected chi connectivity index (χ3v) is 4.89. The normalized spacial score (nSPS) is 21.2. The van der Waals surface area contributed by atoms with Crippen LogP contribution < -0.4 is 10.6 Å². The van der Waals surface area contributed by atoms with Crippen LogP contribution in [-0.2, 0) is 9.53 Å². The van der Waals surface area contributed by atoms with E-state index in [2.05, 4.69) is 10.6 Å². The van der Waals surface area contributed by atoms with Crippen LogP contribution in [-0.4, -0.2) is 61.6 Å². The molecule has 2 aliphatic rings. The van der Waals surface area contributed by atoms with Crippen LogP contribution in [0.5, 0.6) is 0 Å². The zero-order chi connectivity index (χ0) is 17.8. The highest BCUT2D eigenvalue weighted by molar-refractivity contribution is 5.95. The van der Waals surface area contributed by atoms with Gasteiger partial charge in [-0.1, -0.05) is 0 Å². The van der Waals surface area contributed by atoms with Gasteiger partial charge in [0.1, 0.15) is 11.5 Å². The number of morpholine rings is 1. The molecule has 0 spiro atoms. The predicted octanol–water partition coefficient (Wildman–Crippen LogP) is 1.42. The molecule has 0 aliphatic carbocycles. The van der Waals surface area contributed by atoms with Gasteiger partial charge in [0.2, 0.25) is 5.91 Å². The number of ether oxygens (including phenoxy) is 1. The smallest absolute Gasteiger partial charge is 0.255 e. The van der Waals surface area contributed by atoms with Crippen molar-refractivity contribution in [1.29, 1.82) is 0 Å². The van der Waals surface area contributed by atoms with Crippen molar-refractivity contribution in [1.82, 2.24) is 15.5 Å². The lowest BCUT2D eigenvalue weighted by atomic mass is 10.0. The lowest BCUT2D eigenvalue weighted by Crippen LogP contribution is -2.49. The van der Waals surface area contributed by atoms with Crippen LogP contribution in [0.25, 0.3) is 0 Å². The molecule has 2 aliphatic heterocycles. The minimum absolute atomic E-state index is 0. The van der Waals surface area contributed by atoms with E-state index in [1.165, 1.54) is 0 Å². The highest BCUT2D eigenvalue weighted by Gasteiger charge is 2.27. The van der Waals surface area contributed by atoms with Crippen LogP contribution in [0.4, 0.5) is 0 Å². The standard InChI is InChI=1S/C18H27N3O4.ClH/c1-12-9-16(13(2)25-12)18(23)20-14-3-6-21(7-4-14)17(22)10-15-11-24-8-5-19-15;/h9,14-15,19H,3-8,10-11H2,1-2H3,(H,20,23);1H. The summed E-state index contributed by atoms with van der Waals surface area (Å²) < 4.78 is 10.8. The summed E-state index contributed by atoms with van der Waals surface area (Å²) in [5.74, 6) is 1.45. The molecule has 2 fully saturated rings. The number of carbonyl (C=O) groups excluding carboxylic acids is 2. The molecular weight excluding hydrogens is 358 g/mol. The van der Waals surface area contributed by atoms with Gasteiger partial charge in [-0.2, -0.15) is 0 Å². The van der Waals surface area contributed by atoms with Crippen LogP contribution in [0.3, 0.4) is 0 Å². The molecular formula is C18H28ClN3O4. The average molecular weight is 386 g/mol. The number of likely N-dealkylation sites (tertiary alicyclic amines) is 1. The molecule has 0 aromatic carbocycles. The molecule has 0 bridgehead atoms. The summed E-state index contributed by atoms with van der Waals surface area (Å²) in [5.41, 5.74) is 0.597. The highest BCUT2D eigenvalue weighted by Crippen LogP contribution is 2.16. The highest BCUT2D eigenvalue weighted by atomic mass is 35.5. The molecule has 2 saturated heterocycles. The van der Waals surface area contributed by atoms with E-state index in [1.807, 2.05) is 11.8 Å². The zero-order valence-electron chi connectivity index (χ0n) is 15.4. The first kappa shape index (κ1) is 20.7. The fourth-order valence-electron chi connectivity index (χ4n) is 3.48.